The fourth-order valence-corrected chi connectivity index (χ4v) is 2.58. The number of aliphatic hydroxyl groups excluding tert-OH is 1. The second-order valence-corrected chi connectivity index (χ2v) is 4.16. The average molecular weight is 202 g/mol. The van der Waals surface area contributed by atoms with Gasteiger partial charge in [-0.25, -0.2) is 4.99 Å². The maximum Gasteiger partial charge on any atom is 0.128 e. The number of hydrogen-bond donors (Lipinski definition) is 2. The van der Waals surface area contributed by atoms with Crippen molar-refractivity contribution >= 4 is 5.84 Å². The number of hydrogen-bond acceptors (Lipinski definition) is 3. The van der Waals surface area contributed by atoms with Crippen LogP contribution in [0.4, 0.5) is 0 Å². The van der Waals surface area contributed by atoms with Crippen LogP contribution in [0.15, 0.2) is 40.6 Å². The molecule has 2 N–H and O–H groups in total. The van der Waals surface area contributed by atoms with Crippen LogP contribution >= 0.6 is 0 Å². The van der Waals surface area contributed by atoms with Gasteiger partial charge in [-0.3, -0.25) is 0 Å². The Kier molecular flexibility index (Phi) is 1.99. The molecule has 0 radical (unpaired) electrons. The molecule has 3 nitrogen and oxygen atoms in total. The third kappa shape index (κ3) is 1.35. The molecule has 0 aromatic rings. The van der Waals surface area contributed by atoms with Gasteiger partial charge in [0.05, 0.1) is 6.04 Å². The van der Waals surface area contributed by atoms with Crippen molar-refractivity contribution in [2.24, 2.45) is 10.9 Å². The Balaban J connectivity index is 2.05. The molecule has 0 saturated heterocycles. The SMILES string of the molecule is OCC1=NC2=CCCC3=CC=CC(N1)C32. The zero-order chi connectivity index (χ0) is 10.3. The average Bonchev–Trinajstić information content (AvgIpc) is 2.29. The summed E-state index contributed by atoms with van der Waals surface area (Å²) in [4.78, 5) is 4.45. The van der Waals surface area contributed by atoms with Crippen molar-refractivity contribution in [2.75, 3.05) is 6.61 Å². The van der Waals surface area contributed by atoms with E-state index in [1.165, 1.54) is 5.57 Å². The van der Waals surface area contributed by atoms with Gasteiger partial charge in [-0.1, -0.05) is 29.9 Å². The van der Waals surface area contributed by atoms with Crippen LogP contribution in [0.2, 0.25) is 0 Å². The van der Waals surface area contributed by atoms with E-state index < -0.39 is 0 Å². The lowest BCUT2D eigenvalue weighted by Crippen LogP contribution is -2.46. The first-order valence-electron chi connectivity index (χ1n) is 5.41. The van der Waals surface area contributed by atoms with Crippen molar-refractivity contribution < 1.29 is 5.11 Å². The summed E-state index contributed by atoms with van der Waals surface area (Å²) < 4.78 is 0. The van der Waals surface area contributed by atoms with Crippen molar-refractivity contribution in [3.63, 3.8) is 0 Å². The highest BCUT2D eigenvalue weighted by Gasteiger charge is 2.33. The third-order valence-corrected chi connectivity index (χ3v) is 3.24. The van der Waals surface area contributed by atoms with Gasteiger partial charge in [-0.2, -0.15) is 0 Å². The lowest BCUT2D eigenvalue weighted by Gasteiger charge is -2.37. The summed E-state index contributed by atoms with van der Waals surface area (Å²) in [5, 5.41) is 12.4. The highest BCUT2D eigenvalue weighted by molar-refractivity contribution is 5.86. The van der Waals surface area contributed by atoms with Crippen LogP contribution in [0, 0.1) is 5.92 Å². The summed E-state index contributed by atoms with van der Waals surface area (Å²) in [6.45, 7) is -0.00650. The molecule has 15 heavy (non-hydrogen) atoms. The fraction of sp³-hybridized carbons (Fsp3) is 0.417. The van der Waals surface area contributed by atoms with Gasteiger partial charge in [0.2, 0.25) is 0 Å². The van der Waals surface area contributed by atoms with Gasteiger partial charge in [0.15, 0.2) is 0 Å². The van der Waals surface area contributed by atoms with Crippen LogP contribution in [0.5, 0.6) is 0 Å². The molecule has 0 aromatic carbocycles. The lowest BCUT2D eigenvalue weighted by atomic mass is 9.78. The molecule has 0 fully saturated rings. The van der Waals surface area contributed by atoms with Crippen LogP contribution in [0.25, 0.3) is 0 Å². The van der Waals surface area contributed by atoms with Gasteiger partial charge in [0.1, 0.15) is 12.4 Å². The molecule has 2 aliphatic carbocycles. The van der Waals surface area contributed by atoms with E-state index in [0.717, 1.165) is 18.5 Å². The molecule has 1 heterocycles. The maximum absolute atomic E-state index is 9.12. The van der Waals surface area contributed by atoms with Gasteiger partial charge < -0.3 is 10.4 Å². The Labute approximate surface area is 88.9 Å². The topological polar surface area (TPSA) is 44.6 Å². The van der Waals surface area contributed by atoms with Crippen molar-refractivity contribution in [1.29, 1.82) is 0 Å². The van der Waals surface area contributed by atoms with Crippen LogP contribution in [-0.2, 0) is 0 Å². The molecule has 0 spiro atoms. The standard InChI is InChI=1S/C12H14N2O/c15-7-11-13-9-5-1-3-8-4-2-6-10(14-11)12(8)9/h1,3,5-6,9,12,15H,2,4,7H2,(H,13,14). The second kappa shape index (κ2) is 3.35. The van der Waals surface area contributed by atoms with E-state index in [0.29, 0.717) is 11.8 Å². The number of amidine groups is 1. The van der Waals surface area contributed by atoms with E-state index in [4.69, 9.17) is 5.11 Å². The lowest BCUT2D eigenvalue weighted by molar-refractivity contribution is 0.346. The Morgan fingerprint density at radius 3 is 3.33 bits per heavy atom. The number of nitrogens with one attached hydrogen (secondary N) is 1. The normalized spacial score (nSPS) is 32.2. The van der Waals surface area contributed by atoms with Crippen LogP contribution in [-0.4, -0.2) is 23.6 Å². The van der Waals surface area contributed by atoms with E-state index in [2.05, 4.69) is 34.6 Å². The zero-order valence-corrected chi connectivity index (χ0v) is 8.48. The first-order valence-corrected chi connectivity index (χ1v) is 5.41. The van der Waals surface area contributed by atoms with Crippen molar-refractivity contribution in [3.05, 3.63) is 35.6 Å². The molecule has 3 aliphatic rings. The molecule has 1 aliphatic heterocycles. The van der Waals surface area contributed by atoms with Gasteiger partial charge in [-0.15, -0.1) is 0 Å². The molecular formula is C12H14N2O. The van der Waals surface area contributed by atoms with Gasteiger partial charge >= 0.3 is 0 Å². The molecular weight excluding hydrogens is 188 g/mol. The molecule has 0 aromatic heterocycles. The number of allylic oxidation sites excluding steroid dienone is 3. The number of nitrogens with zero attached hydrogens (tertiary/aromatic N) is 1. The molecule has 0 bridgehead atoms. The van der Waals surface area contributed by atoms with Crippen LogP contribution < -0.4 is 5.32 Å². The largest absolute Gasteiger partial charge is 0.388 e. The summed E-state index contributed by atoms with van der Waals surface area (Å²) in [6, 6.07) is 0.288. The van der Waals surface area contributed by atoms with E-state index >= 15 is 0 Å². The molecule has 78 valence electrons. The number of aliphatic imine (C=N–C) groups is 1. The summed E-state index contributed by atoms with van der Waals surface area (Å²) in [7, 11) is 0. The molecule has 0 amide bonds. The molecule has 2 unspecified atom stereocenters. The first-order chi connectivity index (χ1) is 7.38. The molecule has 2 atom stereocenters. The predicted octanol–water partition coefficient (Wildman–Crippen LogP) is 1.14. The summed E-state index contributed by atoms with van der Waals surface area (Å²) in [6.07, 6.45) is 10.9. The second-order valence-electron chi connectivity index (χ2n) is 4.16. The van der Waals surface area contributed by atoms with Crippen LogP contribution in [0.3, 0.4) is 0 Å². The highest BCUT2D eigenvalue weighted by Crippen LogP contribution is 2.37. The first kappa shape index (κ1) is 8.92. The van der Waals surface area contributed by atoms with E-state index in [9.17, 15) is 0 Å². The van der Waals surface area contributed by atoms with E-state index in [1.807, 2.05) is 0 Å². The van der Waals surface area contributed by atoms with Crippen molar-refractivity contribution in [1.82, 2.24) is 5.32 Å². The Morgan fingerprint density at radius 2 is 2.47 bits per heavy atom. The van der Waals surface area contributed by atoms with Gasteiger partial charge in [0, 0.05) is 11.6 Å². The third-order valence-electron chi connectivity index (χ3n) is 3.24. The summed E-state index contributed by atoms with van der Waals surface area (Å²) in [5.41, 5.74) is 2.60. The zero-order valence-electron chi connectivity index (χ0n) is 8.48. The van der Waals surface area contributed by atoms with E-state index in [1.54, 1.807) is 0 Å². The van der Waals surface area contributed by atoms with Crippen LogP contribution in [0.1, 0.15) is 12.8 Å². The summed E-state index contributed by atoms with van der Waals surface area (Å²) >= 11 is 0. The van der Waals surface area contributed by atoms with Gasteiger partial charge in [0.25, 0.3) is 0 Å². The molecule has 3 heteroatoms. The smallest absolute Gasteiger partial charge is 0.128 e. The minimum atomic E-state index is -0.00650. The molecule has 3 rings (SSSR count). The number of aliphatic hydroxyl groups is 1. The minimum absolute atomic E-state index is 0.00650. The maximum atomic E-state index is 9.12. The predicted molar refractivity (Wildman–Crippen MR) is 59.5 cm³/mol. The quantitative estimate of drug-likeness (QED) is 0.669. The Hall–Kier alpha value is -1.35. The molecule has 0 saturated carbocycles. The monoisotopic (exact) mass is 202 g/mol. The van der Waals surface area contributed by atoms with E-state index in [-0.39, 0.29) is 12.6 Å². The van der Waals surface area contributed by atoms with Crippen molar-refractivity contribution in [3.8, 4) is 0 Å². The van der Waals surface area contributed by atoms with Crippen molar-refractivity contribution in [2.45, 2.75) is 18.9 Å². The number of rotatable bonds is 1. The minimum Gasteiger partial charge on any atom is -0.388 e. The van der Waals surface area contributed by atoms with Gasteiger partial charge in [-0.05, 0) is 12.8 Å². The summed E-state index contributed by atoms with van der Waals surface area (Å²) in [5.74, 6) is 1.09. The Morgan fingerprint density at radius 1 is 1.53 bits per heavy atom. The Bertz CT molecular complexity index is 404. The highest BCUT2D eigenvalue weighted by atomic mass is 16.3. The fourth-order valence-electron chi connectivity index (χ4n) is 2.58.